The van der Waals surface area contributed by atoms with Gasteiger partial charge in [0.25, 0.3) is 0 Å². The number of hydrogen-bond donors (Lipinski definition) is 0. The molecule has 0 aliphatic heterocycles. The predicted octanol–water partition coefficient (Wildman–Crippen LogP) is 1.79. The lowest BCUT2D eigenvalue weighted by molar-refractivity contribution is 0.386. The molecule has 0 heterocycles. The summed E-state index contributed by atoms with van der Waals surface area (Å²) in [5, 5.41) is 8.53. The fourth-order valence-corrected chi connectivity index (χ4v) is 1.21. The van der Waals surface area contributed by atoms with Crippen LogP contribution in [0.3, 0.4) is 0 Å². The average Bonchev–Trinajstić information content (AvgIpc) is 2.26. The molecule has 4 heteroatoms. The highest BCUT2D eigenvalue weighted by atomic mass is 19.1. The van der Waals surface area contributed by atoms with E-state index in [0.717, 1.165) is 5.56 Å². The van der Waals surface area contributed by atoms with Gasteiger partial charge in [0, 0.05) is 13.6 Å². The summed E-state index contributed by atoms with van der Waals surface area (Å²) in [6, 6.07) is 4.83. The normalized spacial score (nSPS) is 9.47. The fourth-order valence-electron chi connectivity index (χ4n) is 1.21. The lowest BCUT2D eigenvalue weighted by atomic mass is 10.1. The summed E-state index contributed by atoms with van der Waals surface area (Å²) < 4.78 is 18.1. The second-order valence-electron chi connectivity index (χ2n) is 3.24. The highest BCUT2D eigenvalue weighted by Gasteiger charge is 2.03. The molecule has 0 aliphatic rings. The Bertz CT molecular complexity index is 373. The molecule has 0 saturated carbocycles. The van der Waals surface area contributed by atoms with Crippen molar-refractivity contribution in [2.24, 2.45) is 0 Å². The Morgan fingerprint density at radius 2 is 2.27 bits per heavy atom. The van der Waals surface area contributed by atoms with Gasteiger partial charge >= 0.3 is 0 Å². The van der Waals surface area contributed by atoms with Crippen LogP contribution in [-0.2, 0) is 6.42 Å². The van der Waals surface area contributed by atoms with Gasteiger partial charge in [0.1, 0.15) is 0 Å². The van der Waals surface area contributed by atoms with E-state index in [2.05, 4.69) is 0 Å². The van der Waals surface area contributed by atoms with Gasteiger partial charge in [-0.1, -0.05) is 6.07 Å². The molecular formula is C11H13FN2O. The van der Waals surface area contributed by atoms with Crippen LogP contribution in [0.1, 0.15) is 5.56 Å². The van der Waals surface area contributed by atoms with Crippen LogP contribution in [0.4, 0.5) is 4.39 Å². The third-order valence-electron chi connectivity index (χ3n) is 2.12. The number of nitriles is 1. The van der Waals surface area contributed by atoms with E-state index in [1.807, 2.05) is 6.19 Å². The van der Waals surface area contributed by atoms with Gasteiger partial charge in [-0.05, 0) is 24.1 Å². The van der Waals surface area contributed by atoms with Gasteiger partial charge in [0.05, 0.1) is 7.11 Å². The van der Waals surface area contributed by atoms with Crippen molar-refractivity contribution in [3.8, 4) is 11.9 Å². The summed E-state index contributed by atoms with van der Waals surface area (Å²) in [5.41, 5.74) is 0.857. The lowest BCUT2D eigenvalue weighted by Crippen LogP contribution is -2.14. The molecule has 1 aromatic rings. The smallest absolute Gasteiger partial charge is 0.179 e. The average molecular weight is 208 g/mol. The van der Waals surface area contributed by atoms with Crippen LogP contribution >= 0.6 is 0 Å². The zero-order chi connectivity index (χ0) is 11.3. The van der Waals surface area contributed by atoms with Crippen LogP contribution in [0, 0.1) is 17.3 Å². The Kier molecular flexibility index (Phi) is 3.92. The molecule has 0 amide bonds. The third-order valence-corrected chi connectivity index (χ3v) is 2.12. The van der Waals surface area contributed by atoms with E-state index in [0.29, 0.717) is 13.0 Å². The van der Waals surface area contributed by atoms with Gasteiger partial charge in [-0.25, -0.2) is 4.39 Å². The van der Waals surface area contributed by atoms with Crippen molar-refractivity contribution >= 4 is 0 Å². The number of halogens is 1. The molecule has 0 aromatic heterocycles. The summed E-state index contributed by atoms with van der Waals surface area (Å²) in [4.78, 5) is 1.50. The van der Waals surface area contributed by atoms with E-state index >= 15 is 0 Å². The molecule has 0 spiro atoms. The van der Waals surface area contributed by atoms with Crippen LogP contribution in [0.5, 0.6) is 5.75 Å². The maximum Gasteiger partial charge on any atom is 0.179 e. The molecular weight excluding hydrogens is 195 g/mol. The van der Waals surface area contributed by atoms with Crippen molar-refractivity contribution < 1.29 is 9.13 Å². The fraction of sp³-hybridized carbons (Fsp3) is 0.364. The van der Waals surface area contributed by atoms with Crippen molar-refractivity contribution in [1.82, 2.24) is 4.90 Å². The molecule has 3 nitrogen and oxygen atoms in total. The summed E-state index contributed by atoms with van der Waals surface area (Å²) in [6.07, 6.45) is 2.63. The third kappa shape index (κ3) is 3.13. The second kappa shape index (κ2) is 5.20. The van der Waals surface area contributed by atoms with Crippen molar-refractivity contribution in [2.45, 2.75) is 6.42 Å². The molecule has 0 radical (unpaired) electrons. The highest BCUT2D eigenvalue weighted by Crippen LogP contribution is 2.17. The van der Waals surface area contributed by atoms with Crippen LogP contribution < -0.4 is 4.74 Å². The zero-order valence-corrected chi connectivity index (χ0v) is 8.83. The topological polar surface area (TPSA) is 36.3 Å². The number of ether oxygens (including phenoxy) is 1. The van der Waals surface area contributed by atoms with E-state index in [-0.39, 0.29) is 11.6 Å². The van der Waals surface area contributed by atoms with Gasteiger partial charge in [-0.15, -0.1) is 0 Å². The SMILES string of the molecule is COc1ccc(CCN(C)C#N)cc1F. The van der Waals surface area contributed by atoms with Crippen molar-refractivity contribution in [3.05, 3.63) is 29.6 Å². The molecule has 1 aromatic carbocycles. The van der Waals surface area contributed by atoms with Gasteiger partial charge in [-0.2, -0.15) is 5.26 Å². The summed E-state index contributed by atoms with van der Waals surface area (Å²) >= 11 is 0. The van der Waals surface area contributed by atoms with E-state index in [1.54, 1.807) is 19.2 Å². The Balaban J connectivity index is 2.64. The molecule has 0 aliphatic carbocycles. The standard InChI is InChI=1S/C11H13FN2O/c1-14(8-13)6-5-9-3-4-11(15-2)10(12)7-9/h3-4,7H,5-6H2,1-2H3. The van der Waals surface area contributed by atoms with E-state index < -0.39 is 0 Å². The Morgan fingerprint density at radius 1 is 1.53 bits per heavy atom. The van der Waals surface area contributed by atoms with Crippen LogP contribution in [0.2, 0.25) is 0 Å². The quantitative estimate of drug-likeness (QED) is 0.559. The summed E-state index contributed by atoms with van der Waals surface area (Å²) in [7, 11) is 3.13. The van der Waals surface area contributed by atoms with Crippen LogP contribution in [0.25, 0.3) is 0 Å². The van der Waals surface area contributed by atoms with Gasteiger partial charge in [-0.3, -0.25) is 0 Å². The van der Waals surface area contributed by atoms with E-state index in [1.165, 1.54) is 18.1 Å². The maximum atomic E-state index is 13.3. The maximum absolute atomic E-state index is 13.3. The van der Waals surface area contributed by atoms with Crippen LogP contribution in [0.15, 0.2) is 18.2 Å². The Labute approximate surface area is 88.7 Å². The van der Waals surface area contributed by atoms with Crippen molar-refractivity contribution in [2.75, 3.05) is 20.7 Å². The van der Waals surface area contributed by atoms with Crippen molar-refractivity contribution in [1.29, 1.82) is 5.26 Å². The Hall–Kier alpha value is -1.76. The zero-order valence-electron chi connectivity index (χ0n) is 8.83. The first-order valence-corrected chi connectivity index (χ1v) is 4.60. The number of rotatable bonds is 4. The minimum Gasteiger partial charge on any atom is -0.494 e. The van der Waals surface area contributed by atoms with Gasteiger partial charge in [0.2, 0.25) is 0 Å². The minimum atomic E-state index is -0.366. The number of nitrogens with zero attached hydrogens (tertiary/aromatic N) is 2. The molecule has 15 heavy (non-hydrogen) atoms. The monoisotopic (exact) mass is 208 g/mol. The second-order valence-corrected chi connectivity index (χ2v) is 3.24. The number of hydrogen-bond acceptors (Lipinski definition) is 3. The van der Waals surface area contributed by atoms with E-state index in [4.69, 9.17) is 10.00 Å². The number of likely N-dealkylation sites (N-methyl/N-ethyl adjacent to an activating group) is 1. The highest BCUT2D eigenvalue weighted by molar-refractivity contribution is 5.29. The molecule has 0 atom stereocenters. The molecule has 0 bridgehead atoms. The summed E-state index contributed by atoms with van der Waals surface area (Å²) in [5.74, 6) is -0.123. The molecule has 0 saturated heterocycles. The molecule has 80 valence electrons. The largest absolute Gasteiger partial charge is 0.494 e. The minimum absolute atomic E-state index is 0.243. The van der Waals surface area contributed by atoms with Crippen molar-refractivity contribution in [3.63, 3.8) is 0 Å². The lowest BCUT2D eigenvalue weighted by Gasteiger charge is -2.09. The predicted molar refractivity (Wildman–Crippen MR) is 54.9 cm³/mol. The van der Waals surface area contributed by atoms with Gasteiger partial charge < -0.3 is 9.64 Å². The molecule has 0 N–H and O–H groups in total. The molecule has 1 rings (SSSR count). The summed E-state index contributed by atoms with van der Waals surface area (Å²) in [6.45, 7) is 0.586. The first-order valence-electron chi connectivity index (χ1n) is 4.60. The first-order chi connectivity index (χ1) is 7.17. The first kappa shape index (κ1) is 11.3. The number of benzene rings is 1. The van der Waals surface area contributed by atoms with E-state index in [9.17, 15) is 4.39 Å². The van der Waals surface area contributed by atoms with Crippen LogP contribution in [-0.4, -0.2) is 25.6 Å². The molecule has 0 fully saturated rings. The Morgan fingerprint density at radius 3 is 2.80 bits per heavy atom. The van der Waals surface area contributed by atoms with Gasteiger partial charge in [0.15, 0.2) is 17.8 Å². The number of methoxy groups -OCH3 is 1. The molecule has 0 unspecified atom stereocenters.